The summed E-state index contributed by atoms with van der Waals surface area (Å²) in [4.78, 5) is 23.4. The second-order valence-electron chi connectivity index (χ2n) is 6.03. The summed E-state index contributed by atoms with van der Waals surface area (Å²) in [6.07, 6.45) is 9.33. The van der Waals surface area contributed by atoms with Crippen LogP contribution in [-0.4, -0.2) is 31.7 Å². The van der Waals surface area contributed by atoms with Crippen molar-refractivity contribution < 1.29 is 4.79 Å². The fourth-order valence-corrected chi connectivity index (χ4v) is 3.28. The van der Waals surface area contributed by atoms with Gasteiger partial charge in [-0.15, -0.1) is 0 Å². The number of nitrogens with zero attached hydrogens (tertiary/aromatic N) is 4. The Balaban J connectivity index is 1.66. The highest BCUT2D eigenvalue weighted by Gasteiger charge is 2.31. The van der Waals surface area contributed by atoms with Crippen LogP contribution < -0.4 is 0 Å². The lowest BCUT2D eigenvalue weighted by Gasteiger charge is -2.24. The average Bonchev–Trinajstić information content (AvgIpc) is 3.21. The molecule has 1 amide bonds. The third-order valence-corrected chi connectivity index (χ3v) is 4.44. The molecule has 1 aliphatic heterocycles. The standard InChI is InChI=1S/C18H18N4O/c1-13-6-10-21-12-15(20-17(21)11-13)18(23)22-9-2-3-16(22)14-4-7-19-8-5-14/h4-8,10-12,16H,2-3,9H2,1H3. The number of carbonyl (C=O) groups is 1. The first-order chi connectivity index (χ1) is 11.2. The van der Waals surface area contributed by atoms with Gasteiger partial charge in [-0.2, -0.15) is 0 Å². The summed E-state index contributed by atoms with van der Waals surface area (Å²) in [5, 5.41) is 0. The smallest absolute Gasteiger partial charge is 0.274 e. The van der Waals surface area contributed by atoms with E-state index in [-0.39, 0.29) is 11.9 Å². The molecule has 4 heterocycles. The van der Waals surface area contributed by atoms with Crippen LogP contribution in [0.25, 0.3) is 5.65 Å². The van der Waals surface area contributed by atoms with Crippen molar-refractivity contribution in [3.63, 3.8) is 0 Å². The van der Waals surface area contributed by atoms with Crippen LogP contribution in [0.5, 0.6) is 0 Å². The van der Waals surface area contributed by atoms with E-state index in [0.717, 1.165) is 36.2 Å². The van der Waals surface area contributed by atoms with Gasteiger partial charge in [0.1, 0.15) is 11.3 Å². The van der Waals surface area contributed by atoms with Gasteiger partial charge in [0.05, 0.1) is 6.04 Å². The summed E-state index contributed by atoms with van der Waals surface area (Å²) in [5.41, 5.74) is 3.60. The molecule has 5 nitrogen and oxygen atoms in total. The topological polar surface area (TPSA) is 50.5 Å². The van der Waals surface area contributed by atoms with Crippen LogP contribution in [0.3, 0.4) is 0 Å². The van der Waals surface area contributed by atoms with Crippen molar-refractivity contribution in [2.75, 3.05) is 6.54 Å². The fraction of sp³-hybridized carbons (Fsp3) is 0.278. The largest absolute Gasteiger partial charge is 0.330 e. The van der Waals surface area contributed by atoms with E-state index in [1.807, 2.05) is 52.9 Å². The molecule has 0 N–H and O–H groups in total. The normalized spacial score (nSPS) is 17.8. The van der Waals surface area contributed by atoms with Crippen LogP contribution >= 0.6 is 0 Å². The van der Waals surface area contributed by atoms with E-state index in [1.165, 1.54) is 0 Å². The summed E-state index contributed by atoms with van der Waals surface area (Å²) in [6, 6.07) is 8.10. The van der Waals surface area contributed by atoms with Crippen molar-refractivity contribution in [2.45, 2.75) is 25.8 Å². The third-order valence-electron chi connectivity index (χ3n) is 4.44. The number of likely N-dealkylation sites (tertiary alicyclic amines) is 1. The van der Waals surface area contributed by atoms with E-state index in [2.05, 4.69) is 9.97 Å². The zero-order valence-electron chi connectivity index (χ0n) is 13.0. The first kappa shape index (κ1) is 13.9. The van der Waals surface area contributed by atoms with E-state index >= 15 is 0 Å². The van der Waals surface area contributed by atoms with E-state index in [1.54, 1.807) is 12.4 Å². The number of hydrogen-bond donors (Lipinski definition) is 0. The number of amides is 1. The lowest BCUT2D eigenvalue weighted by molar-refractivity contribution is 0.0730. The van der Waals surface area contributed by atoms with E-state index in [4.69, 9.17) is 0 Å². The maximum Gasteiger partial charge on any atom is 0.274 e. The van der Waals surface area contributed by atoms with Crippen molar-refractivity contribution in [3.05, 3.63) is 65.9 Å². The molecule has 3 aromatic heterocycles. The van der Waals surface area contributed by atoms with Gasteiger partial charge in [-0.3, -0.25) is 9.78 Å². The Labute approximate surface area is 134 Å². The van der Waals surface area contributed by atoms with Gasteiger partial charge in [-0.25, -0.2) is 4.98 Å². The highest BCUT2D eigenvalue weighted by Crippen LogP contribution is 2.32. The molecule has 1 fully saturated rings. The van der Waals surface area contributed by atoms with Gasteiger partial charge < -0.3 is 9.30 Å². The first-order valence-corrected chi connectivity index (χ1v) is 7.88. The molecule has 23 heavy (non-hydrogen) atoms. The Kier molecular flexibility index (Phi) is 3.33. The van der Waals surface area contributed by atoms with Gasteiger partial charge in [-0.1, -0.05) is 0 Å². The molecule has 0 aromatic carbocycles. The predicted octanol–water partition coefficient (Wildman–Crippen LogP) is 3.02. The van der Waals surface area contributed by atoms with Crippen LogP contribution in [0, 0.1) is 6.92 Å². The van der Waals surface area contributed by atoms with Crippen molar-refractivity contribution in [2.24, 2.45) is 0 Å². The molecule has 5 heteroatoms. The molecule has 116 valence electrons. The molecule has 1 saturated heterocycles. The minimum absolute atomic E-state index is 0.00525. The molecule has 0 bridgehead atoms. The molecule has 0 saturated carbocycles. The summed E-state index contributed by atoms with van der Waals surface area (Å²) in [6.45, 7) is 2.80. The summed E-state index contributed by atoms with van der Waals surface area (Å²) in [7, 11) is 0. The monoisotopic (exact) mass is 306 g/mol. The molecular formula is C18H18N4O. The third kappa shape index (κ3) is 2.48. The molecular weight excluding hydrogens is 288 g/mol. The molecule has 1 unspecified atom stereocenters. The van der Waals surface area contributed by atoms with Gasteiger partial charge in [0.2, 0.25) is 0 Å². The highest BCUT2D eigenvalue weighted by atomic mass is 16.2. The minimum atomic E-state index is 0.00525. The number of aromatic nitrogens is 3. The molecule has 3 aromatic rings. The van der Waals surface area contributed by atoms with Crippen LogP contribution in [0.1, 0.15) is 40.5 Å². The Morgan fingerprint density at radius 2 is 2.09 bits per heavy atom. The van der Waals surface area contributed by atoms with E-state index in [9.17, 15) is 4.79 Å². The van der Waals surface area contributed by atoms with Gasteiger partial charge in [0, 0.05) is 31.3 Å². The predicted molar refractivity (Wildman–Crippen MR) is 87.2 cm³/mol. The van der Waals surface area contributed by atoms with E-state index in [0.29, 0.717) is 5.69 Å². The zero-order valence-corrected chi connectivity index (χ0v) is 13.0. The number of carbonyl (C=O) groups excluding carboxylic acids is 1. The number of fused-ring (bicyclic) bond motifs is 1. The number of imidazole rings is 1. The fourth-order valence-electron chi connectivity index (χ4n) is 3.28. The summed E-state index contributed by atoms with van der Waals surface area (Å²) >= 11 is 0. The lowest BCUT2D eigenvalue weighted by atomic mass is 10.1. The lowest BCUT2D eigenvalue weighted by Crippen LogP contribution is -2.30. The molecule has 0 radical (unpaired) electrons. The van der Waals surface area contributed by atoms with Crippen molar-refractivity contribution in [1.82, 2.24) is 19.3 Å². The summed E-state index contributed by atoms with van der Waals surface area (Å²) in [5.74, 6) is 0.00525. The second-order valence-corrected chi connectivity index (χ2v) is 6.03. The molecule has 0 spiro atoms. The quantitative estimate of drug-likeness (QED) is 0.731. The Hall–Kier alpha value is -2.69. The van der Waals surface area contributed by atoms with Crippen LogP contribution in [-0.2, 0) is 0 Å². The SMILES string of the molecule is Cc1ccn2cc(C(=O)N3CCCC3c3ccncc3)nc2c1. The Morgan fingerprint density at radius 3 is 2.91 bits per heavy atom. The minimum Gasteiger partial charge on any atom is -0.330 e. The van der Waals surface area contributed by atoms with Crippen LogP contribution in [0.2, 0.25) is 0 Å². The van der Waals surface area contributed by atoms with Gasteiger partial charge in [-0.05, 0) is 55.2 Å². The number of hydrogen-bond acceptors (Lipinski definition) is 3. The van der Waals surface area contributed by atoms with Crippen molar-refractivity contribution in [1.29, 1.82) is 0 Å². The van der Waals surface area contributed by atoms with Gasteiger partial charge in [0.25, 0.3) is 5.91 Å². The van der Waals surface area contributed by atoms with Crippen LogP contribution in [0.4, 0.5) is 0 Å². The number of aryl methyl sites for hydroxylation is 1. The van der Waals surface area contributed by atoms with Gasteiger partial charge >= 0.3 is 0 Å². The van der Waals surface area contributed by atoms with Crippen molar-refractivity contribution in [3.8, 4) is 0 Å². The summed E-state index contributed by atoms with van der Waals surface area (Å²) < 4.78 is 1.90. The maximum atomic E-state index is 12.9. The number of rotatable bonds is 2. The highest BCUT2D eigenvalue weighted by molar-refractivity contribution is 5.93. The Bertz CT molecular complexity index is 856. The zero-order chi connectivity index (χ0) is 15.8. The molecule has 1 aliphatic rings. The maximum absolute atomic E-state index is 12.9. The van der Waals surface area contributed by atoms with E-state index < -0.39 is 0 Å². The Morgan fingerprint density at radius 1 is 1.26 bits per heavy atom. The second kappa shape index (κ2) is 5.50. The average molecular weight is 306 g/mol. The molecule has 4 rings (SSSR count). The van der Waals surface area contributed by atoms with Crippen LogP contribution in [0.15, 0.2) is 49.1 Å². The first-order valence-electron chi connectivity index (χ1n) is 7.88. The number of pyridine rings is 2. The molecule has 1 atom stereocenters. The van der Waals surface area contributed by atoms with Gasteiger partial charge in [0.15, 0.2) is 0 Å². The van der Waals surface area contributed by atoms with Crippen molar-refractivity contribution >= 4 is 11.6 Å². The molecule has 0 aliphatic carbocycles.